The van der Waals surface area contributed by atoms with Gasteiger partial charge in [0.15, 0.2) is 6.10 Å². The molecular formula is C34H62NO10P. The molecule has 0 radical (unpaired) electrons. The maximum Gasteiger partial charge on any atom is 0.472 e. The van der Waals surface area contributed by atoms with Crippen LogP contribution in [0.3, 0.4) is 0 Å². The molecule has 3 atom stereocenters. The second-order valence-corrected chi connectivity index (χ2v) is 13.1. The summed E-state index contributed by atoms with van der Waals surface area (Å²) >= 11 is 0. The molecule has 0 aromatic carbocycles. The van der Waals surface area contributed by atoms with Crippen molar-refractivity contribution >= 4 is 25.7 Å². The lowest BCUT2D eigenvalue weighted by Gasteiger charge is -2.20. The van der Waals surface area contributed by atoms with Gasteiger partial charge in [-0.25, -0.2) is 4.57 Å². The second kappa shape index (κ2) is 30.3. The van der Waals surface area contributed by atoms with Crippen molar-refractivity contribution < 1.29 is 47.5 Å². The predicted molar refractivity (Wildman–Crippen MR) is 180 cm³/mol. The van der Waals surface area contributed by atoms with Crippen molar-refractivity contribution in [2.75, 3.05) is 19.8 Å². The van der Waals surface area contributed by atoms with E-state index in [1.807, 2.05) is 0 Å². The van der Waals surface area contributed by atoms with Gasteiger partial charge in [0.25, 0.3) is 0 Å². The number of phosphoric acid groups is 1. The Morgan fingerprint density at radius 3 is 1.74 bits per heavy atom. The lowest BCUT2D eigenvalue weighted by Crippen LogP contribution is -2.34. The van der Waals surface area contributed by atoms with Gasteiger partial charge in [-0.15, -0.1) is 0 Å². The van der Waals surface area contributed by atoms with E-state index in [1.54, 1.807) is 6.92 Å². The van der Waals surface area contributed by atoms with E-state index in [0.717, 1.165) is 32.1 Å². The Kier molecular flexibility index (Phi) is 29.0. The third-order valence-electron chi connectivity index (χ3n) is 7.17. The van der Waals surface area contributed by atoms with E-state index in [9.17, 15) is 23.8 Å². The van der Waals surface area contributed by atoms with Crippen LogP contribution in [0.4, 0.5) is 0 Å². The molecule has 0 saturated carbocycles. The zero-order chi connectivity index (χ0) is 34.3. The number of hydrogen-bond acceptors (Lipinski definition) is 9. The summed E-state index contributed by atoms with van der Waals surface area (Å²) in [5, 5.41) is 8.77. The highest BCUT2D eigenvalue weighted by Gasteiger charge is 2.28. The summed E-state index contributed by atoms with van der Waals surface area (Å²) in [6.07, 6.45) is 28.7. The molecule has 0 aromatic rings. The number of carbonyl (C=O) groups is 3. The summed E-state index contributed by atoms with van der Waals surface area (Å²) in [5.41, 5.74) is 5.26. The first-order chi connectivity index (χ1) is 22.1. The number of carbonyl (C=O) groups excluding carboxylic acids is 2. The van der Waals surface area contributed by atoms with E-state index in [-0.39, 0.29) is 19.4 Å². The number of carboxylic acids is 1. The molecule has 0 fully saturated rings. The van der Waals surface area contributed by atoms with E-state index < -0.39 is 51.1 Å². The van der Waals surface area contributed by atoms with Crippen molar-refractivity contribution in [3.63, 3.8) is 0 Å². The van der Waals surface area contributed by atoms with Crippen LogP contribution in [0.2, 0.25) is 0 Å². The highest BCUT2D eigenvalue weighted by atomic mass is 31.2. The fraction of sp³-hybridized carbons (Fsp3) is 0.794. The van der Waals surface area contributed by atoms with Crippen molar-refractivity contribution in [2.45, 2.75) is 154 Å². The first-order valence-corrected chi connectivity index (χ1v) is 18.9. The smallest absolute Gasteiger partial charge is 0.472 e. The SMILES string of the molecule is CCCCCCC/C=C\C/C=C\CCCCCCCCCCCC(=O)OC(COC(=O)CCC)COP(=O)(O)OCC(N)C(=O)O. The van der Waals surface area contributed by atoms with Crippen LogP contribution in [0, 0.1) is 0 Å². The van der Waals surface area contributed by atoms with Crippen molar-refractivity contribution in [3.8, 4) is 0 Å². The highest BCUT2D eigenvalue weighted by Crippen LogP contribution is 2.43. The van der Waals surface area contributed by atoms with Crippen LogP contribution >= 0.6 is 7.82 Å². The van der Waals surface area contributed by atoms with Crippen LogP contribution in [0.5, 0.6) is 0 Å². The fourth-order valence-electron chi connectivity index (χ4n) is 4.42. The summed E-state index contributed by atoms with van der Waals surface area (Å²) in [5.74, 6) is -2.45. The zero-order valence-electron chi connectivity index (χ0n) is 28.4. The van der Waals surface area contributed by atoms with Crippen LogP contribution in [0.15, 0.2) is 24.3 Å². The summed E-state index contributed by atoms with van der Waals surface area (Å²) < 4.78 is 31.9. The Balaban J connectivity index is 4.03. The van der Waals surface area contributed by atoms with E-state index in [4.69, 9.17) is 24.8 Å². The highest BCUT2D eigenvalue weighted by molar-refractivity contribution is 7.47. The number of allylic oxidation sites excluding steroid dienone is 4. The van der Waals surface area contributed by atoms with Gasteiger partial charge in [0.05, 0.1) is 13.2 Å². The van der Waals surface area contributed by atoms with Gasteiger partial charge in [0, 0.05) is 12.8 Å². The number of aliphatic carboxylic acids is 1. The molecule has 0 aromatic heterocycles. The lowest BCUT2D eigenvalue weighted by atomic mass is 10.1. The number of nitrogens with two attached hydrogens (primary N) is 1. The molecule has 0 spiro atoms. The van der Waals surface area contributed by atoms with E-state index in [2.05, 4.69) is 35.8 Å². The van der Waals surface area contributed by atoms with Crippen LogP contribution < -0.4 is 5.73 Å². The summed E-state index contributed by atoms with van der Waals surface area (Å²) in [7, 11) is -4.68. The number of rotatable bonds is 32. The minimum atomic E-state index is -4.68. The number of esters is 2. The van der Waals surface area contributed by atoms with Gasteiger partial charge in [0.2, 0.25) is 0 Å². The molecule has 0 bridgehead atoms. The van der Waals surface area contributed by atoms with Gasteiger partial charge in [-0.05, 0) is 44.9 Å². The average molecular weight is 676 g/mol. The van der Waals surface area contributed by atoms with Crippen molar-refractivity contribution in [1.29, 1.82) is 0 Å². The van der Waals surface area contributed by atoms with Gasteiger partial charge in [-0.1, -0.05) is 109 Å². The quantitative estimate of drug-likeness (QED) is 0.0273. The largest absolute Gasteiger partial charge is 0.480 e. The molecule has 46 heavy (non-hydrogen) atoms. The summed E-state index contributed by atoms with van der Waals surface area (Å²) in [6, 6.07) is -1.52. The topological polar surface area (TPSA) is 172 Å². The van der Waals surface area contributed by atoms with Gasteiger partial charge in [-0.3, -0.25) is 23.4 Å². The number of unbranched alkanes of at least 4 members (excludes halogenated alkanes) is 14. The van der Waals surface area contributed by atoms with Crippen molar-refractivity contribution in [1.82, 2.24) is 0 Å². The minimum absolute atomic E-state index is 0.155. The van der Waals surface area contributed by atoms with E-state index >= 15 is 0 Å². The third-order valence-corrected chi connectivity index (χ3v) is 8.12. The Morgan fingerprint density at radius 2 is 1.20 bits per heavy atom. The Labute approximate surface area is 277 Å². The fourth-order valence-corrected chi connectivity index (χ4v) is 5.20. The number of phosphoric ester groups is 1. The standard InChI is InChI=1S/C34H62NO10P/c1-3-5-6-7-8-9-10-11-12-13-14-15-16-17-18-19-20-21-22-23-24-26-33(37)45-30(27-42-32(36)25-4-2)28-43-46(40,41)44-29-31(35)34(38)39/h10-11,13-14,30-31H,3-9,12,15-29,35H2,1-2H3,(H,38,39)(H,40,41)/b11-10-,14-13-. The number of hydrogen-bond donors (Lipinski definition) is 3. The Morgan fingerprint density at radius 1 is 0.674 bits per heavy atom. The maximum absolute atomic E-state index is 12.4. The molecule has 0 rings (SSSR count). The summed E-state index contributed by atoms with van der Waals surface area (Å²) in [6.45, 7) is 2.35. The van der Waals surface area contributed by atoms with Crippen LogP contribution in [-0.4, -0.2) is 59.9 Å². The maximum atomic E-state index is 12.4. The molecule has 3 unspecified atom stereocenters. The third kappa shape index (κ3) is 29.4. The van der Waals surface area contributed by atoms with Gasteiger partial charge < -0.3 is 25.2 Å². The molecule has 0 aliphatic heterocycles. The van der Waals surface area contributed by atoms with Gasteiger partial charge in [0.1, 0.15) is 12.6 Å². The molecular weight excluding hydrogens is 613 g/mol. The number of carboxylic acid groups (broad SMARTS) is 1. The average Bonchev–Trinajstić information content (AvgIpc) is 3.02. The molecule has 12 heteroatoms. The molecule has 4 N–H and O–H groups in total. The molecule has 0 saturated heterocycles. The molecule has 268 valence electrons. The molecule has 0 aliphatic rings. The minimum Gasteiger partial charge on any atom is -0.480 e. The zero-order valence-corrected chi connectivity index (χ0v) is 29.3. The monoisotopic (exact) mass is 675 g/mol. The van der Waals surface area contributed by atoms with Gasteiger partial charge in [-0.2, -0.15) is 0 Å². The molecule has 0 aliphatic carbocycles. The molecule has 0 amide bonds. The normalized spacial score (nSPS) is 14.3. The number of ether oxygens (including phenoxy) is 2. The summed E-state index contributed by atoms with van der Waals surface area (Å²) in [4.78, 5) is 44.7. The van der Waals surface area contributed by atoms with Crippen LogP contribution in [0.25, 0.3) is 0 Å². The van der Waals surface area contributed by atoms with Crippen molar-refractivity contribution in [2.24, 2.45) is 5.73 Å². The second-order valence-electron chi connectivity index (χ2n) is 11.7. The first kappa shape index (κ1) is 44.0. The van der Waals surface area contributed by atoms with Crippen molar-refractivity contribution in [3.05, 3.63) is 24.3 Å². The van der Waals surface area contributed by atoms with Gasteiger partial charge >= 0.3 is 25.7 Å². The molecule has 0 heterocycles. The Hall–Kier alpha value is -2.04. The Bertz CT molecular complexity index is 895. The van der Waals surface area contributed by atoms with Crippen LogP contribution in [-0.2, 0) is 37.5 Å². The molecule has 11 nitrogen and oxygen atoms in total. The predicted octanol–water partition coefficient (Wildman–Crippen LogP) is 7.94. The van der Waals surface area contributed by atoms with E-state index in [1.165, 1.54) is 70.6 Å². The lowest BCUT2D eigenvalue weighted by molar-refractivity contribution is -0.161. The van der Waals surface area contributed by atoms with E-state index in [0.29, 0.717) is 12.8 Å². The first-order valence-electron chi connectivity index (χ1n) is 17.4. The van der Waals surface area contributed by atoms with Crippen LogP contribution in [0.1, 0.15) is 142 Å².